The molecule has 2 aromatic carbocycles. The Labute approximate surface area is 177 Å². The van der Waals surface area contributed by atoms with Gasteiger partial charge in [0.15, 0.2) is 0 Å². The maximum Gasteiger partial charge on any atom is 0.321 e. The van der Waals surface area contributed by atoms with Crippen molar-refractivity contribution in [2.45, 2.75) is 26.4 Å². The Kier molecular flexibility index (Phi) is 9.54. The average molecular weight is 412 g/mol. The highest BCUT2D eigenvalue weighted by atomic mass is 16.5. The number of amides is 3. The van der Waals surface area contributed by atoms with Gasteiger partial charge in [0.2, 0.25) is 5.91 Å². The van der Waals surface area contributed by atoms with Gasteiger partial charge in [0.1, 0.15) is 0 Å². The van der Waals surface area contributed by atoms with Crippen molar-refractivity contribution in [1.82, 2.24) is 15.5 Å². The van der Waals surface area contributed by atoms with Crippen LogP contribution in [0.3, 0.4) is 0 Å². The van der Waals surface area contributed by atoms with Crippen LogP contribution >= 0.6 is 0 Å². The van der Waals surface area contributed by atoms with Gasteiger partial charge in [0, 0.05) is 32.6 Å². The molecule has 160 valence electrons. The highest BCUT2D eigenvalue weighted by molar-refractivity contribution is 5.94. The smallest absolute Gasteiger partial charge is 0.321 e. The fourth-order valence-electron chi connectivity index (χ4n) is 3.01. The van der Waals surface area contributed by atoms with E-state index in [9.17, 15) is 14.4 Å². The average Bonchev–Trinajstić information content (AvgIpc) is 2.76. The van der Waals surface area contributed by atoms with Gasteiger partial charge in [-0.15, -0.1) is 0 Å². The predicted octanol–water partition coefficient (Wildman–Crippen LogP) is 2.71. The first-order chi connectivity index (χ1) is 14.5. The van der Waals surface area contributed by atoms with Gasteiger partial charge in [0.05, 0.1) is 13.0 Å². The summed E-state index contributed by atoms with van der Waals surface area (Å²) < 4.78 is 4.81. The van der Waals surface area contributed by atoms with Gasteiger partial charge in [0.25, 0.3) is 0 Å². The van der Waals surface area contributed by atoms with Gasteiger partial charge in [-0.2, -0.15) is 0 Å². The van der Waals surface area contributed by atoms with Crippen molar-refractivity contribution in [2.24, 2.45) is 5.92 Å². The normalized spacial score (nSPS) is 11.6. The van der Waals surface area contributed by atoms with E-state index in [0.29, 0.717) is 26.2 Å². The Morgan fingerprint density at radius 3 is 2.17 bits per heavy atom. The molecule has 0 saturated carbocycles. The SMILES string of the molecule is COC(=O)C(C)CN(CCC(=O)NC(=O)NCc1ccccc1)Cc1ccccc1. The fourth-order valence-corrected chi connectivity index (χ4v) is 3.01. The number of methoxy groups -OCH3 is 1. The molecule has 0 aliphatic rings. The zero-order chi connectivity index (χ0) is 21.8. The minimum Gasteiger partial charge on any atom is -0.469 e. The van der Waals surface area contributed by atoms with Gasteiger partial charge in [-0.05, 0) is 11.1 Å². The molecule has 7 nitrogen and oxygen atoms in total. The number of esters is 1. The number of rotatable bonds is 10. The Hall–Kier alpha value is -3.19. The molecule has 0 radical (unpaired) electrons. The van der Waals surface area contributed by atoms with E-state index in [1.165, 1.54) is 7.11 Å². The number of nitrogens with one attached hydrogen (secondary N) is 2. The maximum atomic E-state index is 12.2. The molecule has 2 rings (SSSR count). The van der Waals surface area contributed by atoms with Gasteiger partial charge >= 0.3 is 12.0 Å². The molecule has 7 heteroatoms. The van der Waals surface area contributed by atoms with Gasteiger partial charge in [-0.3, -0.25) is 19.8 Å². The largest absolute Gasteiger partial charge is 0.469 e. The molecule has 30 heavy (non-hydrogen) atoms. The number of carbonyl (C=O) groups is 3. The van der Waals surface area contributed by atoms with Crippen LogP contribution in [0.4, 0.5) is 4.79 Å². The van der Waals surface area contributed by atoms with Crippen LogP contribution in [0.2, 0.25) is 0 Å². The Morgan fingerprint density at radius 1 is 0.967 bits per heavy atom. The van der Waals surface area contributed by atoms with Crippen LogP contribution in [-0.4, -0.2) is 43.0 Å². The van der Waals surface area contributed by atoms with E-state index in [0.717, 1.165) is 11.1 Å². The summed E-state index contributed by atoms with van der Waals surface area (Å²) >= 11 is 0. The molecule has 0 aliphatic heterocycles. The summed E-state index contributed by atoms with van der Waals surface area (Å²) in [5.41, 5.74) is 2.03. The van der Waals surface area contributed by atoms with E-state index in [1.54, 1.807) is 6.92 Å². The van der Waals surface area contributed by atoms with Crippen LogP contribution in [0, 0.1) is 5.92 Å². The second-order valence-electron chi connectivity index (χ2n) is 7.11. The summed E-state index contributed by atoms with van der Waals surface area (Å²) in [5, 5.41) is 5.02. The Balaban J connectivity index is 1.83. The molecule has 3 amide bonds. The monoisotopic (exact) mass is 411 g/mol. The quantitative estimate of drug-likeness (QED) is 0.587. The number of ether oxygens (including phenoxy) is 1. The highest BCUT2D eigenvalue weighted by Gasteiger charge is 2.19. The number of hydrogen-bond acceptors (Lipinski definition) is 5. The van der Waals surface area contributed by atoms with E-state index in [2.05, 4.69) is 10.6 Å². The molecule has 2 aromatic rings. The topological polar surface area (TPSA) is 87.7 Å². The van der Waals surface area contributed by atoms with Crippen LogP contribution in [0.15, 0.2) is 60.7 Å². The van der Waals surface area contributed by atoms with Crippen LogP contribution in [-0.2, 0) is 27.4 Å². The summed E-state index contributed by atoms with van der Waals surface area (Å²) in [6, 6.07) is 18.7. The molecular weight excluding hydrogens is 382 g/mol. The standard InChI is InChI=1S/C23H29N3O4/c1-18(22(28)30-2)16-26(17-20-11-7-4-8-12-20)14-13-21(27)25-23(29)24-15-19-9-5-3-6-10-19/h3-12,18H,13-17H2,1-2H3,(H2,24,25,27,29). The van der Waals surface area contributed by atoms with Crippen molar-refractivity contribution >= 4 is 17.9 Å². The summed E-state index contributed by atoms with van der Waals surface area (Å²) in [4.78, 5) is 38.0. The molecule has 1 unspecified atom stereocenters. The molecule has 0 saturated heterocycles. The number of hydrogen-bond donors (Lipinski definition) is 2. The minimum atomic E-state index is -0.526. The second kappa shape index (κ2) is 12.4. The summed E-state index contributed by atoms with van der Waals surface area (Å²) in [5.74, 6) is -0.988. The number of imide groups is 1. The van der Waals surface area contributed by atoms with E-state index < -0.39 is 6.03 Å². The van der Waals surface area contributed by atoms with Crippen molar-refractivity contribution < 1.29 is 19.1 Å². The lowest BCUT2D eigenvalue weighted by atomic mass is 10.1. The van der Waals surface area contributed by atoms with E-state index in [-0.39, 0.29) is 24.2 Å². The van der Waals surface area contributed by atoms with Crippen LogP contribution in [0.5, 0.6) is 0 Å². The lowest BCUT2D eigenvalue weighted by Crippen LogP contribution is -2.41. The predicted molar refractivity (Wildman–Crippen MR) is 114 cm³/mol. The first kappa shape index (κ1) is 23.1. The zero-order valence-corrected chi connectivity index (χ0v) is 17.5. The fraction of sp³-hybridized carbons (Fsp3) is 0.348. The molecule has 0 spiro atoms. The first-order valence-electron chi connectivity index (χ1n) is 9.93. The number of carbonyl (C=O) groups excluding carboxylic acids is 3. The van der Waals surface area contributed by atoms with Crippen molar-refractivity contribution in [2.75, 3.05) is 20.2 Å². The number of urea groups is 1. The summed E-state index contributed by atoms with van der Waals surface area (Å²) in [6.45, 7) is 3.59. The third-order valence-corrected chi connectivity index (χ3v) is 4.59. The third-order valence-electron chi connectivity index (χ3n) is 4.59. The van der Waals surface area contributed by atoms with Crippen LogP contribution < -0.4 is 10.6 Å². The van der Waals surface area contributed by atoms with Crippen molar-refractivity contribution in [3.05, 3.63) is 71.8 Å². The molecule has 0 aliphatic carbocycles. The molecule has 1 atom stereocenters. The lowest BCUT2D eigenvalue weighted by molar-refractivity contribution is -0.145. The first-order valence-corrected chi connectivity index (χ1v) is 9.93. The Morgan fingerprint density at radius 2 is 1.57 bits per heavy atom. The third kappa shape index (κ3) is 8.45. The molecule has 0 fully saturated rings. The molecule has 2 N–H and O–H groups in total. The zero-order valence-electron chi connectivity index (χ0n) is 17.5. The van der Waals surface area contributed by atoms with Gasteiger partial charge < -0.3 is 10.1 Å². The van der Waals surface area contributed by atoms with Crippen molar-refractivity contribution in [1.29, 1.82) is 0 Å². The number of nitrogens with zero attached hydrogens (tertiary/aromatic N) is 1. The van der Waals surface area contributed by atoms with Gasteiger partial charge in [-0.25, -0.2) is 4.79 Å². The summed E-state index contributed by atoms with van der Waals surface area (Å²) in [6.07, 6.45) is 0.138. The van der Waals surface area contributed by atoms with Crippen LogP contribution in [0.25, 0.3) is 0 Å². The van der Waals surface area contributed by atoms with E-state index in [1.807, 2.05) is 65.6 Å². The molecular formula is C23H29N3O4. The lowest BCUT2D eigenvalue weighted by Gasteiger charge is -2.24. The highest BCUT2D eigenvalue weighted by Crippen LogP contribution is 2.09. The minimum absolute atomic E-state index is 0.138. The van der Waals surface area contributed by atoms with Crippen molar-refractivity contribution in [3.63, 3.8) is 0 Å². The van der Waals surface area contributed by atoms with Crippen molar-refractivity contribution in [3.8, 4) is 0 Å². The molecule has 0 bridgehead atoms. The van der Waals surface area contributed by atoms with E-state index >= 15 is 0 Å². The van der Waals surface area contributed by atoms with E-state index in [4.69, 9.17) is 4.74 Å². The second-order valence-corrected chi connectivity index (χ2v) is 7.11. The maximum absolute atomic E-state index is 12.2. The molecule has 0 aromatic heterocycles. The number of benzene rings is 2. The van der Waals surface area contributed by atoms with Crippen LogP contribution in [0.1, 0.15) is 24.5 Å². The summed E-state index contributed by atoms with van der Waals surface area (Å²) in [7, 11) is 1.36. The van der Waals surface area contributed by atoms with Gasteiger partial charge in [-0.1, -0.05) is 67.6 Å². The Bertz CT molecular complexity index is 812. The molecule has 0 heterocycles.